The Balaban J connectivity index is 1.35. The van der Waals surface area contributed by atoms with Crippen molar-refractivity contribution in [1.29, 1.82) is 0 Å². The van der Waals surface area contributed by atoms with Crippen molar-refractivity contribution in [3.8, 4) is 0 Å². The Morgan fingerprint density at radius 3 is 2.76 bits per heavy atom. The SMILES string of the molecule is Clc1cc(N2C[C@H]3CC[C@@H](C2)[C@H]3Nc2nc3ccccn3n2)cnn1. The maximum absolute atomic E-state index is 6.00. The molecule has 3 atom stereocenters. The van der Waals surface area contributed by atoms with E-state index in [-0.39, 0.29) is 0 Å². The molecule has 1 aliphatic heterocycles. The van der Waals surface area contributed by atoms with Crippen LogP contribution in [0.1, 0.15) is 12.8 Å². The van der Waals surface area contributed by atoms with Crippen molar-refractivity contribution in [3.05, 3.63) is 41.8 Å². The summed E-state index contributed by atoms with van der Waals surface area (Å²) in [7, 11) is 0. The van der Waals surface area contributed by atoms with E-state index in [0.29, 0.717) is 23.0 Å². The molecule has 0 spiro atoms. The zero-order valence-corrected chi connectivity index (χ0v) is 14.3. The van der Waals surface area contributed by atoms with Crippen LogP contribution in [0.15, 0.2) is 36.7 Å². The van der Waals surface area contributed by atoms with Crippen LogP contribution < -0.4 is 10.2 Å². The summed E-state index contributed by atoms with van der Waals surface area (Å²) in [6.45, 7) is 1.98. The van der Waals surface area contributed by atoms with Crippen LogP contribution in [0.25, 0.3) is 5.65 Å². The number of aromatic nitrogens is 5. The number of hydrogen-bond acceptors (Lipinski definition) is 6. The lowest BCUT2D eigenvalue weighted by Gasteiger charge is -2.39. The van der Waals surface area contributed by atoms with Crippen molar-refractivity contribution in [2.75, 3.05) is 23.3 Å². The van der Waals surface area contributed by atoms with Gasteiger partial charge in [-0.05, 0) is 36.8 Å². The van der Waals surface area contributed by atoms with E-state index in [4.69, 9.17) is 11.6 Å². The predicted octanol–water partition coefficient (Wildman–Crippen LogP) is 2.50. The van der Waals surface area contributed by atoms with Gasteiger partial charge in [0, 0.05) is 31.4 Å². The maximum Gasteiger partial charge on any atom is 0.243 e. The Hall–Kier alpha value is -2.41. The average molecular weight is 356 g/mol. The summed E-state index contributed by atoms with van der Waals surface area (Å²) in [4.78, 5) is 6.96. The van der Waals surface area contributed by atoms with E-state index in [1.807, 2.05) is 35.0 Å². The summed E-state index contributed by atoms with van der Waals surface area (Å²) >= 11 is 6.00. The van der Waals surface area contributed by atoms with E-state index in [9.17, 15) is 0 Å². The van der Waals surface area contributed by atoms with Crippen LogP contribution in [-0.4, -0.2) is 43.9 Å². The molecule has 0 amide bonds. The lowest BCUT2D eigenvalue weighted by Crippen LogP contribution is -2.48. The molecule has 2 bridgehead atoms. The summed E-state index contributed by atoms with van der Waals surface area (Å²) in [5.74, 6) is 1.85. The van der Waals surface area contributed by atoms with Gasteiger partial charge >= 0.3 is 0 Å². The van der Waals surface area contributed by atoms with E-state index in [1.54, 1.807) is 6.20 Å². The standard InChI is InChI=1S/C17H18ClN7/c18-14-7-13(8-19-22-14)24-9-11-4-5-12(10-24)16(11)21-17-20-15-3-1-2-6-25(15)23-17/h1-3,6-8,11-12,16H,4-5,9-10H2,(H,21,23)/t11-,12+,16+. The third kappa shape index (κ3) is 2.68. The van der Waals surface area contributed by atoms with E-state index in [0.717, 1.165) is 30.4 Å². The lowest BCUT2D eigenvalue weighted by molar-refractivity contribution is 0.376. The van der Waals surface area contributed by atoms with Gasteiger partial charge in [0.05, 0.1) is 11.9 Å². The molecule has 1 saturated carbocycles. The molecule has 3 aromatic heterocycles. The van der Waals surface area contributed by atoms with Crippen LogP contribution in [0.4, 0.5) is 11.6 Å². The van der Waals surface area contributed by atoms with Gasteiger partial charge in [-0.3, -0.25) is 0 Å². The van der Waals surface area contributed by atoms with Crippen LogP contribution >= 0.6 is 11.6 Å². The van der Waals surface area contributed by atoms with E-state index >= 15 is 0 Å². The van der Waals surface area contributed by atoms with Crippen molar-refractivity contribution >= 4 is 28.9 Å². The molecule has 1 N–H and O–H groups in total. The number of halogens is 1. The molecule has 128 valence electrons. The molecular formula is C17H18ClN7. The second kappa shape index (κ2) is 5.84. The fourth-order valence-corrected chi connectivity index (χ4v) is 4.37. The van der Waals surface area contributed by atoms with Gasteiger partial charge in [-0.15, -0.1) is 10.2 Å². The van der Waals surface area contributed by atoms with Gasteiger partial charge in [-0.1, -0.05) is 17.7 Å². The first kappa shape index (κ1) is 14.9. The number of anilines is 2. The molecule has 2 aliphatic rings. The summed E-state index contributed by atoms with van der Waals surface area (Å²) < 4.78 is 1.81. The summed E-state index contributed by atoms with van der Waals surface area (Å²) in [5.41, 5.74) is 1.92. The lowest BCUT2D eigenvalue weighted by atomic mass is 9.92. The highest BCUT2D eigenvalue weighted by Gasteiger charge is 2.42. The summed E-state index contributed by atoms with van der Waals surface area (Å²) in [6, 6.07) is 8.21. The number of rotatable bonds is 3. The quantitative estimate of drug-likeness (QED) is 0.778. The Bertz CT molecular complexity index is 864. The highest BCUT2D eigenvalue weighted by molar-refractivity contribution is 6.29. The third-order valence-electron chi connectivity index (χ3n) is 5.35. The Kier molecular flexibility index (Phi) is 3.48. The molecule has 7 nitrogen and oxygen atoms in total. The maximum atomic E-state index is 6.00. The smallest absolute Gasteiger partial charge is 0.243 e. The minimum Gasteiger partial charge on any atom is -0.369 e. The second-order valence-electron chi connectivity index (χ2n) is 6.85. The predicted molar refractivity (Wildman–Crippen MR) is 95.9 cm³/mol. The van der Waals surface area contributed by atoms with Crippen LogP contribution in [0.2, 0.25) is 5.15 Å². The Morgan fingerprint density at radius 2 is 2.00 bits per heavy atom. The van der Waals surface area contributed by atoms with E-state index in [1.165, 1.54) is 12.8 Å². The van der Waals surface area contributed by atoms with Crippen molar-refractivity contribution in [2.24, 2.45) is 11.8 Å². The van der Waals surface area contributed by atoms with Gasteiger partial charge in [-0.25, -0.2) is 4.52 Å². The van der Waals surface area contributed by atoms with E-state index < -0.39 is 0 Å². The van der Waals surface area contributed by atoms with E-state index in [2.05, 4.69) is 30.5 Å². The fourth-order valence-electron chi connectivity index (χ4n) is 4.22. The normalized spacial score (nSPS) is 25.5. The zero-order valence-electron chi connectivity index (χ0n) is 13.6. The number of hydrogen-bond donors (Lipinski definition) is 1. The molecule has 1 aliphatic carbocycles. The highest BCUT2D eigenvalue weighted by Crippen LogP contribution is 2.40. The highest BCUT2D eigenvalue weighted by atomic mass is 35.5. The molecule has 0 unspecified atom stereocenters. The number of fused-ring (bicyclic) bond motifs is 3. The van der Waals surface area contributed by atoms with Gasteiger partial charge in [0.1, 0.15) is 0 Å². The average Bonchev–Trinajstić information content (AvgIpc) is 3.11. The minimum atomic E-state index is 0.416. The van der Waals surface area contributed by atoms with Gasteiger partial charge in [0.25, 0.3) is 0 Å². The van der Waals surface area contributed by atoms with Crippen molar-refractivity contribution in [1.82, 2.24) is 24.8 Å². The van der Waals surface area contributed by atoms with Gasteiger partial charge in [0.15, 0.2) is 10.8 Å². The van der Waals surface area contributed by atoms with Crippen LogP contribution in [0.3, 0.4) is 0 Å². The van der Waals surface area contributed by atoms with Crippen molar-refractivity contribution < 1.29 is 0 Å². The number of nitrogens with one attached hydrogen (secondary N) is 1. The van der Waals surface area contributed by atoms with Gasteiger partial charge in [0.2, 0.25) is 5.95 Å². The molecule has 8 heteroatoms. The Labute approximate surface area is 150 Å². The third-order valence-corrected chi connectivity index (χ3v) is 5.53. The molecule has 5 rings (SSSR count). The molecular weight excluding hydrogens is 338 g/mol. The number of pyridine rings is 1. The first-order chi connectivity index (χ1) is 12.3. The molecule has 1 saturated heterocycles. The Morgan fingerprint density at radius 1 is 1.16 bits per heavy atom. The van der Waals surface area contributed by atoms with Crippen molar-refractivity contribution in [3.63, 3.8) is 0 Å². The zero-order chi connectivity index (χ0) is 16.8. The minimum absolute atomic E-state index is 0.416. The molecule has 4 heterocycles. The summed E-state index contributed by atoms with van der Waals surface area (Å²) in [6.07, 6.45) is 6.16. The monoisotopic (exact) mass is 355 g/mol. The largest absolute Gasteiger partial charge is 0.369 e. The first-order valence-electron chi connectivity index (χ1n) is 8.57. The van der Waals surface area contributed by atoms with Gasteiger partial charge < -0.3 is 10.2 Å². The van der Waals surface area contributed by atoms with Crippen LogP contribution in [0, 0.1) is 11.8 Å². The molecule has 0 aromatic carbocycles. The molecule has 2 fully saturated rings. The van der Waals surface area contributed by atoms with Gasteiger partial charge in [-0.2, -0.15) is 10.1 Å². The molecule has 3 aromatic rings. The number of piperidine rings is 1. The summed E-state index contributed by atoms with van der Waals surface area (Å²) in [5, 5.41) is 16.4. The fraction of sp³-hybridized carbons (Fsp3) is 0.412. The van der Waals surface area contributed by atoms with Crippen molar-refractivity contribution in [2.45, 2.75) is 18.9 Å². The van der Waals surface area contributed by atoms with Crippen LogP contribution in [0.5, 0.6) is 0 Å². The molecule has 25 heavy (non-hydrogen) atoms. The number of nitrogens with zero attached hydrogens (tertiary/aromatic N) is 6. The second-order valence-corrected chi connectivity index (χ2v) is 7.24. The first-order valence-corrected chi connectivity index (χ1v) is 8.95. The molecule has 0 radical (unpaired) electrons. The van der Waals surface area contributed by atoms with Crippen LogP contribution in [-0.2, 0) is 0 Å². The topological polar surface area (TPSA) is 71.2 Å².